The summed E-state index contributed by atoms with van der Waals surface area (Å²) < 4.78 is 4.08. The molecular weight excluding hydrogens is 282 g/mol. The fourth-order valence-electron chi connectivity index (χ4n) is 2.81. The van der Waals surface area contributed by atoms with E-state index >= 15 is 0 Å². The third kappa shape index (κ3) is 3.16. The van der Waals surface area contributed by atoms with Gasteiger partial charge in [-0.25, -0.2) is 0 Å². The molecule has 0 radical (unpaired) electrons. The van der Waals surface area contributed by atoms with Crippen LogP contribution < -0.4 is 10.6 Å². The monoisotopic (exact) mass is 303 g/mol. The number of hydrogen-bond donors (Lipinski definition) is 1. The van der Waals surface area contributed by atoms with Crippen LogP contribution in [-0.2, 0) is 6.54 Å². The van der Waals surface area contributed by atoms with Crippen molar-refractivity contribution in [3.05, 3.63) is 35.9 Å². The molecule has 6 heteroatoms. The Morgan fingerprint density at radius 2 is 2.00 bits per heavy atom. The molecule has 1 aromatic carbocycles. The van der Waals surface area contributed by atoms with Gasteiger partial charge >= 0.3 is 0 Å². The average Bonchev–Trinajstić information content (AvgIpc) is 2.89. The highest BCUT2D eigenvalue weighted by Gasteiger charge is 2.34. The molecule has 0 unspecified atom stereocenters. The maximum absolute atomic E-state index is 5.63. The third-order valence-electron chi connectivity index (χ3n) is 3.99. The van der Waals surface area contributed by atoms with E-state index in [9.17, 15) is 0 Å². The van der Waals surface area contributed by atoms with Gasteiger partial charge in [0.15, 0.2) is 0 Å². The molecule has 0 aliphatic carbocycles. The van der Waals surface area contributed by atoms with Crippen LogP contribution in [0.2, 0.25) is 0 Å². The summed E-state index contributed by atoms with van der Waals surface area (Å²) in [4.78, 5) is 9.12. The van der Waals surface area contributed by atoms with Gasteiger partial charge in [-0.1, -0.05) is 30.3 Å². The Bertz CT molecular complexity index is 595. The number of rotatable bonds is 3. The van der Waals surface area contributed by atoms with E-state index in [2.05, 4.69) is 63.3 Å². The van der Waals surface area contributed by atoms with Gasteiger partial charge in [0.1, 0.15) is 0 Å². The van der Waals surface area contributed by atoms with Gasteiger partial charge in [0, 0.05) is 43.3 Å². The smallest absolute Gasteiger partial charge is 0.233 e. The fraction of sp³-hybridized carbons (Fsp3) is 0.467. The molecule has 3 rings (SSSR count). The number of nitrogen functional groups attached to an aromatic ring is 1. The van der Waals surface area contributed by atoms with Crippen molar-refractivity contribution in [2.24, 2.45) is 0 Å². The Balaban J connectivity index is 1.70. The molecule has 2 aromatic rings. The zero-order valence-corrected chi connectivity index (χ0v) is 13.3. The number of aromatic nitrogens is 2. The molecule has 1 fully saturated rings. The second-order valence-electron chi connectivity index (χ2n) is 6.08. The molecule has 0 saturated carbocycles. The summed E-state index contributed by atoms with van der Waals surface area (Å²) in [6, 6.07) is 10.6. The fourth-order valence-corrected chi connectivity index (χ4v) is 3.43. The van der Waals surface area contributed by atoms with E-state index in [-0.39, 0.29) is 5.54 Å². The Morgan fingerprint density at radius 3 is 2.62 bits per heavy atom. The van der Waals surface area contributed by atoms with Gasteiger partial charge in [0.05, 0.1) is 0 Å². The minimum Gasteiger partial charge on any atom is -0.367 e. The summed E-state index contributed by atoms with van der Waals surface area (Å²) in [5.41, 5.74) is 7.09. The van der Waals surface area contributed by atoms with Crippen LogP contribution >= 0.6 is 11.5 Å². The van der Waals surface area contributed by atoms with Crippen molar-refractivity contribution >= 4 is 22.6 Å². The van der Waals surface area contributed by atoms with Crippen LogP contribution in [0.4, 0.5) is 11.1 Å². The highest BCUT2D eigenvalue weighted by atomic mass is 32.1. The Labute approximate surface area is 129 Å². The zero-order chi connectivity index (χ0) is 14.9. The lowest BCUT2D eigenvalue weighted by Crippen LogP contribution is -2.58. The largest absolute Gasteiger partial charge is 0.367 e. The van der Waals surface area contributed by atoms with E-state index in [1.807, 2.05) is 0 Å². The molecule has 1 aromatic heterocycles. The normalized spacial score (nSPS) is 18.9. The van der Waals surface area contributed by atoms with Gasteiger partial charge in [0.2, 0.25) is 11.1 Å². The van der Waals surface area contributed by atoms with Crippen molar-refractivity contribution in [1.29, 1.82) is 0 Å². The number of nitrogens with zero attached hydrogens (tertiary/aromatic N) is 4. The van der Waals surface area contributed by atoms with Gasteiger partial charge in [-0.15, -0.1) is 0 Å². The molecule has 2 N–H and O–H groups in total. The molecule has 0 spiro atoms. The van der Waals surface area contributed by atoms with Crippen molar-refractivity contribution in [3.8, 4) is 0 Å². The first kappa shape index (κ1) is 14.3. The van der Waals surface area contributed by atoms with E-state index in [1.54, 1.807) is 0 Å². The molecule has 0 bridgehead atoms. The standard InChI is InChI=1S/C15H21N5S/c1-15(2)11-19(14-17-13(16)18-21-14)8-9-20(15)10-12-6-4-3-5-7-12/h3-7H,8-11H2,1-2H3,(H2,16,18). The van der Waals surface area contributed by atoms with Crippen LogP contribution in [0, 0.1) is 0 Å². The topological polar surface area (TPSA) is 58.3 Å². The van der Waals surface area contributed by atoms with Crippen LogP contribution in [0.3, 0.4) is 0 Å². The quantitative estimate of drug-likeness (QED) is 0.942. The molecule has 1 aliphatic heterocycles. The van der Waals surface area contributed by atoms with Crippen LogP contribution in [0.25, 0.3) is 0 Å². The summed E-state index contributed by atoms with van der Waals surface area (Å²) in [5.74, 6) is 0.375. The lowest BCUT2D eigenvalue weighted by atomic mass is 9.98. The van der Waals surface area contributed by atoms with Crippen LogP contribution in [0.1, 0.15) is 19.4 Å². The van der Waals surface area contributed by atoms with Gasteiger partial charge in [0.25, 0.3) is 0 Å². The second-order valence-corrected chi connectivity index (χ2v) is 6.81. The summed E-state index contributed by atoms with van der Waals surface area (Å²) in [6.07, 6.45) is 0. The third-order valence-corrected chi connectivity index (χ3v) is 4.78. The molecule has 0 amide bonds. The predicted octanol–water partition coefficient (Wildman–Crippen LogP) is 2.22. The van der Waals surface area contributed by atoms with E-state index < -0.39 is 0 Å². The number of benzene rings is 1. The summed E-state index contributed by atoms with van der Waals surface area (Å²) >= 11 is 1.38. The summed E-state index contributed by atoms with van der Waals surface area (Å²) in [7, 11) is 0. The molecule has 1 aliphatic rings. The molecule has 21 heavy (non-hydrogen) atoms. The highest BCUT2D eigenvalue weighted by Crippen LogP contribution is 2.28. The lowest BCUT2D eigenvalue weighted by Gasteiger charge is -2.47. The first-order chi connectivity index (χ1) is 10.0. The lowest BCUT2D eigenvalue weighted by molar-refractivity contribution is 0.0963. The minimum atomic E-state index is 0.0918. The van der Waals surface area contributed by atoms with Crippen LogP contribution in [-0.4, -0.2) is 39.4 Å². The van der Waals surface area contributed by atoms with Gasteiger partial charge < -0.3 is 10.6 Å². The Kier molecular flexibility index (Phi) is 3.82. The van der Waals surface area contributed by atoms with E-state index in [0.717, 1.165) is 31.3 Å². The first-order valence-electron chi connectivity index (χ1n) is 7.18. The molecule has 1 saturated heterocycles. The Morgan fingerprint density at radius 1 is 1.24 bits per heavy atom. The molecular formula is C15H21N5S. The van der Waals surface area contributed by atoms with E-state index in [4.69, 9.17) is 5.73 Å². The zero-order valence-electron chi connectivity index (χ0n) is 12.5. The summed E-state index contributed by atoms with van der Waals surface area (Å²) in [5, 5.41) is 0.930. The van der Waals surface area contributed by atoms with Crippen molar-refractivity contribution in [1.82, 2.24) is 14.3 Å². The van der Waals surface area contributed by atoms with Gasteiger partial charge in [-0.2, -0.15) is 9.36 Å². The number of hydrogen-bond acceptors (Lipinski definition) is 6. The molecule has 2 heterocycles. The van der Waals surface area contributed by atoms with Crippen molar-refractivity contribution < 1.29 is 0 Å². The van der Waals surface area contributed by atoms with Gasteiger partial charge in [-0.3, -0.25) is 4.90 Å². The number of piperazine rings is 1. The van der Waals surface area contributed by atoms with Crippen molar-refractivity contribution in [3.63, 3.8) is 0 Å². The molecule has 0 atom stereocenters. The SMILES string of the molecule is CC1(C)CN(c2nc(N)ns2)CCN1Cc1ccccc1. The average molecular weight is 303 g/mol. The van der Waals surface area contributed by atoms with Crippen molar-refractivity contribution in [2.45, 2.75) is 25.9 Å². The first-order valence-corrected chi connectivity index (χ1v) is 7.95. The molecule has 112 valence electrons. The number of anilines is 2. The second kappa shape index (κ2) is 5.61. The van der Waals surface area contributed by atoms with E-state index in [1.165, 1.54) is 17.1 Å². The maximum atomic E-state index is 5.63. The van der Waals surface area contributed by atoms with Crippen LogP contribution in [0.15, 0.2) is 30.3 Å². The summed E-state index contributed by atoms with van der Waals surface area (Å²) in [6.45, 7) is 8.47. The molecule has 5 nitrogen and oxygen atoms in total. The predicted molar refractivity (Wildman–Crippen MR) is 87.5 cm³/mol. The minimum absolute atomic E-state index is 0.0918. The van der Waals surface area contributed by atoms with Gasteiger partial charge in [-0.05, 0) is 19.4 Å². The highest BCUT2D eigenvalue weighted by molar-refractivity contribution is 7.09. The van der Waals surface area contributed by atoms with E-state index in [0.29, 0.717) is 5.95 Å². The number of nitrogens with two attached hydrogens (primary N) is 1. The Hall–Kier alpha value is -1.66. The van der Waals surface area contributed by atoms with Crippen LogP contribution in [0.5, 0.6) is 0 Å². The maximum Gasteiger partial charge on any atom is 0.233 e. The van der Waals surface area contributed by atoms with Crippen molar-refractivity contribution in [2.75, 3.05) is 30.3 Å².